The summed E-state index contributed by atoms with van der Waals surface area (Å²) >= 11 is 0. The molecule has 0 unspecified atom stereocenters. The van der Waals surface area contributed by atoms with E-state index >= 15 is 0 Å². The lowest BCUT2D eigenvalue weighted by Gasteiger charge is -2.09. The molecule has 2 aromatic carbocycles. The van der Waals surface area contributed by atoms with Crippen molar-refractivity contribution in [3.05, 3.63) is 48.0 Å². The number of aryl methyl sites for hydroxylation is 2. The van der Waals surface area contributed by atoms with Crippen LogP contribution in [0.4, 0.5) is 5.69 Å². The minimum absolute atomic E-state index is 0.746. The summed E-state index contributed by atoms with van der Waals surface area (Å²) in [6.45, 7) is 5.28. The van der Waals surface area contributed by atoms with Crippen LogP contribution in [-0.4, -0.2) is 9.55 Å². The van der Waals surface area contributed by atoms with E-state index in [9.17, 15) is 0 Å². The normalized spacial score (nSPS) is 11.1. The zero-order valence-corrected chi connectivity index (χ0v) is 12.6. The maximum atomic E-state index is 6.09. The number of anilines is 1. The second-order valence-corrected chi connectivity index (χ2v) is 5.52. The van der Waals surface area contributed by atoms with Crippen molar-refractivity contribution in [1.82, 2.24) is 9.55 Å². The molecular formula is C18H21N3. The zero-order valence-electron chi connectivity index (χ0n) is 12.6. The lowest BCUT2D eigenvalue weighted by Crippen LogP contribution is -2.00. The molecule has 108 valence electrons. The Balaban J connectivity index is 2.20. The van der Waals surface area contributed by atoms with Crippen molar-refractivity contribution >= 4 is 16.7 Å². The molecule has 3 aromatic rings. The van der Waals surface area contributed by atoms with E-state index in [1.54, 1.807) is 0 Å². The van der Waals surface area contributed by atoms with Crippen LogP contribution in [0.2, 0.25) is 0 Å². The third-order valence-corrected chi connectivity index (χ3v) is 3.86. The van der Waals surface area contributed by atoms with Gasteiger partial charge in [0.1, 0.15) is 11.3 Å². The maximum Gasteiger partial charge on any atom is 0.141 e. The first kappa shape index (κ1) is 13.7. The van der Waals surface area contributed by atoms with Crippen LogP contribution in [0.5, 0.6) is 0 Å². The first-order valence-corrected chi connectivity index (χ1v) is 7.52. The highest BCUT2D eigenvalue weighted by Gasteiger charge is 2.13. The summed E-state index contributed by atoms with van der Waals surface area (Å²) < 4.78 is 2.29. The molecule has 0 fully saturated rings. The number of aromatic nitrogens is 2. The molecule has 0 atom stereocenters. The minimum atomic E-state index is 0.746. The molecule has 1 heterocycles. The van der Waals surface area contributed by atoms with Gasteiger partial charge in [-0.15, -0.1) is 0 Å². The molecule has 0 saturated heterocycles. The van der Waals surface area contributed by atoms with Crippen molar-refractivity contribution in [2.45, 2.75) is 33.2 Å². The number of hydrogen-bond acceptors (Lipinski definition) is 2. The van der Waals surface area contributed by atoms with Crippen LogP contribution >= 0.6 is 0 Å². The molecule has 0 radical (unpaired) electrons. The minimum Gasteiger partial charge on any atom is -0.397 e. The number of benzene rings is 2. The number of nitrogen functional groups attached to an aromatic ring is 1. The number of imidazole rings is 1. The summed E-state index contributed by atoms with van der Waals surface area (Å²) in [7, 11) is 0. The van der Waals surface area contributed by atoms with Gasteiger partial charge in [-0.3, -0.25) is 0 Å². The van der Waals surface area contributed by atoms with Crippen molar-refractivity contribution in [2.24, 2.45) is 0 Å². The lowest BCUT2D eigenvalue weighted by atomic mass is 10.1. The average molecular weight is 279 g/mol. The van der Waals surface area contributed by atoms with Crippen LogP contribution in [0, 0.1) is 6.92 Å². The molecule has 3 rings (SSSR count). The van der Waals surface area contributed by atoms with E-state index in [0.29, 0.717) is 0 Å². The molecule has 2 N–H and O–H groups in total. The molecule has 0 aliphatic rings. The maximum absolute atomic E-state index is 6.09. The van der Waals surface area contributed by atoms with E-state index in [4.69, 9.17) is 10.7 Å². The molecule has 0 aliphatic carbocycles. The summed E-state index contributed by atoms with van der Waals surface area (Å²) in [6.07, 6.45) is 2.30. The Labute approximate surface area is 125 Å². The van der Waals surface area contributed by atoms with E-state index in [1.807, 2.05) is 12.1 Å². The Bertz CT molecular complexity index is 754. The van der Waals surface area contributed by atoms with Crippen molar-refractivity contribution in [3.63, 3.8) is 0 Å². The number of rotatable bonds is 4. The Kier molecular flexibility index (Phi) is 3.65. The fourth-order valence-corrected chi connectivity index (χ4v) is 2.63. The largest absolute Gasteiger partial charge is 0.397 e. The van der Waals surface area contributed by atoms with Gasteiger partial charge in [0.2, 0.25) is 0 Å². The molecule has 3 heteroatoms. The van der Waals surface area contributed by atoms with Crippen LogP contribution in [0.25, 0.3) is 22.4 Å². The fourth-order valence-electron chi connectivity index (χ4n) is 2.63. The van der Waals surface area contributed by atoms with Crippen LogP contribution in [0.15, 0.2) is 42.5 Å². The third-order valence-electron chi connectivity index (χ3n) is 3.86. The Morgan fingerprint density at radius 2 is 1.86 bits per heavy atom. The average Bonchev–Trinajstić information content (AvgIpc) is 2.86. The van der Waals surface area contributed by atoms with Gasteiger partial charge in [-0.25, -0.2) is 4.98 Å². The van der Waals surface area contributed by atoms with Gasteiger partial charge in [0, 0.05) is 12.1 Å². The number of fused-ring (bicyclic) bond motifs is 1. The summed E-state index contributed by atoms with van der Waals surface area (Å²) in [4.78, 5) is 4.80. The quantitative estimate of drug-likeness (QED) is 0.720. The van der Waals surface area contributed by atoms with Gasteiger partial charge in [-0.2, -0.15) is 0 Å². The number of nitrogens with two attached hydrogens (primary N) is 1. The van der Waals surface area contributed by atoms with E-state index < -0.39 is 0 Å². The summed E-state index contributed by atoms with van der Waals surface area (Å²) in [6, 6.07) is 14.5. The molecule has 0 spiro atoms. The molecule has 0 saturated carbocycles. The number of para-hydroxylation sites is 1. The predicted octanol–water partition coefficient (Wildman–Crippen LogP) is 4.39. The van der Waals surface area contributed by atoms with Crippen molar-refractivity contribution in [1.29, 1.82) is 0 Å². The van der Waals surface area contributed by atoms with Gasteiger partial charge < -0.3 is 10.3 Å². The van der Waals surface area contributed by atoms with Crippen LogP contribution in [-0.2, 0) is 6.54 Å². The molecule has 0 bridgehead atoms. The second-order valence-electron chi connectivity index (χ2n) is 5.52. The van der Waals surface area contributed by atoms with Crippen LogP contribution in [0.3, 0.4) is 0 Å². The lowest BCUT2D eigenvalue weighted by molar-refractivity contribution is 0.651. The molecular weight excluding hydrogens is 258 g/mol. The third kappa shape index (κ3) is 2.51. The highest BCUT2D eigenvalue weighted by Crippen LogP contribution is 2.28. The molecule has 0 amide bonds. The smallest absolute Gasteiger partial charge is 0.141 e. The van der Waals surface area contributed by atoms with Crippen LogP contribution < -0.4 is 5.73 Å². The zero-order chi connectivity index (χ0) is 14.8. The van der Waals surface area contributed by atoms with Gasteiger partial charge in [-0.1, -0.05) is 49.2 Å². The molecule has 1 aromatic heterocycles. The highest BCUT2D eigenvalue weighted by atomic mass is 15.1. The number of hydrogen-bond donors (Lipinski definition) is 1. The number of unbranched alkanes of at least 4 members (excludes halogenated alkanes) is 1. The summed E-state index contributed by atoms with van der Waals surface area (Å²) in [5, 5.41) is 0. The van der Waals surface area contributed by atoms with Gasteiger partial charge >= 0.3 is 0 Å². The van der Waals surface area contributed by atoms with Crippen molar-refractivity contribution in [3.8, 4) is 11.4 Å². The van der Waals surface area contributed by atoms with Gasteiger partial charge in [0.15, 0.2) is 0 Å². The van der Waals surface area contributed by atoms with E-state index in [0.717, 1.165) is 47.5 Å². The SMILES string of the molecule is CCCCn1c(-c2ccc(C)cc2)nc2c(N)cccc21. The highest BCUT2D eigenvalue weighted by molar-refractivity contribution is 5.90. The van der Waals surface area contributed by atoms with E-state index in [-0.39, 0.29) is 0 Å². The van der Waals surface area contributed by atoms with Gasteiger partial charge in [0.05, 0.1) is 11.2 Å². The molecule has 0 aliphatic heterocycles. The van der Waals surface area contributed by atoms with Gasteiger partial charge in [-0.05, 0) is 25.5 Å². The fraction of sp³-hybridized carbons (Fsp3) is 0.278. The second kappa shape index (κ2) is 5.60. The van der Waals surface area contributed by atoms with E-state index in [1.165, 1.54) is 5.56 Å². The molecule has 21 heavy (non-hydrogen) atoms. The Morgan fingerprint density at radius 1 is 1.10 bits per heavy atom. The standard InChI is InChI=1S/C18H21N3/c1-3-4-12-21-16-7-5-6-15(19)17(16)20-18(21)14-10-8-13(2)9-11-14/h5-11H,3-4,12,19H2,1-2H3. The number of nitrogens with zero attached hydrogens (tertiary/aromatic N) is 2. The first-order chi connectivity index (χ1) is 10.2. The monoisotopic (exact) mass is 279 g/mol. The summed E-state index contributed by atoms with van der Waals surface area (Å²) in [5.74, 6) is 1.01. The molecule has 3 nitrogen and oxygen atoms in total. The predicted molar refractivity (Wildman–Crippen MR) is 89.2 cm³/mol. The van der Waals surface area contributed by atoms with Crippen molar-refractivity contribution < 1.29 is 0 Å². The summed E-state index contributed by atoms with van der Waals surface area (Å²) in [5.41, 5.74) is 11.3. The first-order valence-electron chi connectivity index (χ1n) is 7.52. The topological polar surface area (TPSA) is 43.8 Å². The Morgan fingerprint density at radius 3 is 2.57 bits per heavy atom. The Hall–Kier alpha value is -2.29. The van der Waals surface area contributed by atoms with Crippen molar-refractivity contribution in [2.75, 3.05) is 5.73 Å². The van der Waals surface area contributed by atoms with E-state index in [2.05, 4.69) is 48.7 Å². The van der Waals surface area contributed by atoms with Gasteiger partial charge in [0.25, 0.3) is 0 Å². The van der Waals surface area contributed by atoms with Crippen LogP contribution in [0.1, 0.15) is 25.3 Å².